The molecule has 0 fully saturated rings. The molecule has 0 bridgehead atoms. The number of nitrogens with zero attached hydrogens (tertiary/aromatic N) is 2. The maximum Gasteiger partial charge on any atom is 0.307 e. The molecular weight excluding hydrogens is 232 g/mol. The van der Waals surface area contributed by atoms with Gasteiger partial charge in [0, 0.05) is 31.9 Å². The Morgan fingerprint density at radius 1 is 1.39 bits per heavy atom. The van der Waals surface area contributed by atoms with Crippen LogP contribution >= 0.6 is 0 Å². The Balaban J connectivity index is 2.64. The molecule has 5 nitrogen and oxygen atoms in total. The SMILES string of the molecule is CC(C(=O)O)C(C)C(=O)N(C)Cc1cccnc1. The molecule has 0 aliphatic heterocycles. The molecule has 0 saturated heterocycles. The third-order valence-corrected chi connectivity index (χ3v) is 3.05. The van der Waals surface area contributed by atoms with Gasteiger partial charge in [-0.3, -0.25) is 14.6 Å². The predicted molar refractivity (Wildman–Crippen MR) is 66.7 cm³/mol. The summed E-state index contributed by atoms with van der Waals surface area (Å²) in [4.78, 5) is 28.4. The molecule has 98 valence electrons. The van der Waals surface area contributed by atoms with E-state index in [-0.39, 0.29) is 5.91 Å². The van der Waals surface area contributed by atoms with Crippen molar-refractivity contribution in [3.8, 4) is 0 Å². The average molecular weight is 250 g/mol. The lowest BCUT2D eigenvalue weighted by atomic mass is 9.95. The Bertz CT molecular complexity index is 420. The zero-order valence-electron chi connectivity index (χ0n) is 10.8. The topological polar surface area (TPSA) is 70.5 Å². The molecule has 1 aromatic heterocycles. The largest absolute Gasteiger partial charge is 0.481 e. The summed E-state index contributed by atoms with van der Waals surface area (Å²) in [6, 6.07) is 3.68. The van der Waals surface area contributed by atoms with Crippen LogP contribution in [-0.4, -0.2) is 33.9 Å². The van der Waals surface area contributed by atoms with E-state index in [1.807, 2.05) is 6.07 Å². The summed E-state index contributed by atoms with van der Waals surface area (Å²) in [6.07, 6.45) is 3.36. The first-order chi connectivity index (χ1) is 8.43. The third kappa shape index (κ3) is 3.55. The highest BCUT2D eigenvalue weighted by molar-refractivity contribution is 5.84. The number of carbonyl (C=O) groups is 2. The lowest BCUT2D eigenvalue weighted by Crippen LogP contribution is -2.36. The molecule has 0 radical (unpaired) electrons. The van der Waals surface area contributed by atoms with E-state index in [1.165, 1.54) is 4.90 Å². The molecular formula is C13H18N2O3. The number of carboxylic acids is 1. The molecule has 2 unspecified atom stereocenters. The first kappa shape index (κ1) is 14.2. The van der Waals surface area contributed by atoms with Crippen molar-refractivity contribution in [2.75, 3.05) is 7.05 Å². The van der Waals surface area contributed by atoms with Crippen molar-refractivity contribution in [1.29, 1.82) is 0 Å². The van der Waals surface area contributed by atoms with Gasteiger partial charge in [-0.15, -0.1) is 0 Å². The normalized spacial score (nSPS) is 13.7. The van der Waals surface area contributed by atoms with Crippen molar-refractivity contribution in [2.24, 2.45) is 11.8 Å². The van der Waals surface area contributed by atoms with Crippen LogP contribution in [0.4, 0.5) is 0 Å². The molecule has 0 saturated carbocycles. The van der Waals surface area contributed by atoms with Gasteiger partial charge in [0.25, 0.3) is 0 Å². The maximum absolute atomic E-state index is 12.0. The highest BCUT2D eigenvalue weighted by Crippen LogP contribution is 2.15. The molecule has 0 aromatic carbocycles. The van der Waals surface area contributed by atoms with Gasteiger partial charge in [-0.05, 0) is 11.6 Å². The number of aromatic nitrogens is 1. The summed E-state index contributed by atoms with van der Waals surface area (Å²) in [7, 11) is 1.67. The predicted octanol–water partition coefficient (Wildman–Crippen LogP) is 1.40. The summed E-state index contributed by atoms with van der Waals surface area (Å²) in [6.45, 7) is 3.62. The Morgan fingerprint density at radius 2 is 2.06 bits per heavy atom. The van der Waals surface area contributed by atoms with Crippen LogP contribution in [0.15, 0.2) is 24.5 Å². The standard InChI is InChI=1S/C13H18N2O3/c1-9(10(2)13(17)18)12(16)15(3)8-11-5-4-6-14-7-11/h4-7,9-10H,8H2,1-3H3,(H,17,18). The quantitative estimate of drug-likeness (QED) is 0.857. The fourth-order valence-electron chi connectivity index (χ4n) is 1.62. The molecule has 0 spiro atoms. The highest BCUT2D eigenvalue weighted by atomic mass is 16.4. The zero-order chi connectivity index (χ0) is 13.7. The lowest BCUT2D eigenvalue weighted by Gasteiger charge is -2.23. The molecule has 2 atom stereocenters. The van der Waals surface area contributed by atoms with E-state index >= 15 is 0 Å². The van der Waals surface area contributed by atoms with Crippen LogP contribution in [0.5, 0.6) is 0 Å². The van der Waals surface area contributed by atoms with Gasteiger partial charge in [0.1, 0.15) is 0 Å². The van der Waals surface area contributed by atoms with Crippen molar-refractivity contribution >= 4 is 11.9 Å². The van der Waals surface area contributed by atoms with E-state index in [4.69, 9.17) is 5.11 Å². The van der Waals surface area contributed by atoms with Gasteiger partial charge in [-0.1, -0.05) is 19.9 Å². The van der Waals surface area contributed by atoms with Gasteiger partial charge in [0.05, 0.1) is 5.92 Å². The lowest BCUT2D eigenvalue weighted by molar-refractivity contribution is -0.148. The van der Waals surface area contributed by atoms with E-state index in [1.54, 1.807) is 39.4 Å². The second-order valence-electron chi connectivity index (χ2n) is 4.47. The van der Waals surface area contributed by atoms with Crippen molar-refractivity contribution in [3.05, 3.63) is 30.1 Å². The Hall–Kier alpha value is -1.91. The van der Waals surface area contributed by atoms with Crippen LogP contribution in [0, 0.1) is 11.8 Å². The van der Waals surface area contributed by atoms with Gasteiger partial charge < -0.3 is 10.0 Å². The van der Waals surface area contributed by atoms with Crippen LogP contribution < -0.4 is 0 Å². The van der Waals surface area contributed by atoms with Crippen molar-refractivity contribution in [2.45, 2.75) is 20.4 Å². The second-order valence-corrected chi connectivity index (χ2v) is 4.47. The molecule has 1 amide bonds. The number of amides is 1. The number of hydrogen-bond acceptors (Lipinski definition) is 3. The fourth-order valence-corrected chi connectivity index (χ4v) is 1.62. The van der Waals surface area contributed by atoms with Gasteiger partial charge >= 0.3 is 5.97 Å². The van der Waals surface area contributed by atoms with Crippen LogP contribution in [0.2, 0.25) is 0 Å². The number of hydrogen-bond donors (Lipinski definition) is 1. The summed E-state index contributed by atoms with van der Waals surface area (Å²) >= 11 is 0. The Labute approximate surface area is 106 Å². The smallest absolute Gasteiger partial charge is 0.307 e. The van der Waals surface area contributed by atoms with Crippen LogP contribution in [0.1, 0.15) is 19.4 Å². The number of aliphatic carboxylic acids is 1. The maximum atomic E-state index is 12.0. The number of carboxylic acid groups (broad SMARTS) is 1. The monoisotopic (exact) mass is 250 g/mol. The number of pyridine rings is 1. The van der Waals surface area contributed by atoms with Crippen molar-refractivity contribution < 1.29 is 14.7 Å². The van der Waals surface area contributed by atoms with Crippen molar-refractivity contribution in [1.82, 2.24) is 9.88 Å². The third-order valence-electron chi connectivity index (χ3n) is 3.05. The second kappa shape index (κ2) is 6.14. The van der Waals surface area contributed by atoms with Gasteiger partial charge in [0.15, 0.2) is 0 Å². The molecule has 1 N–H and O–H groups in total. The van der Waals surface area contributed by atoms with E-state index in [2.05, 4.69) is 4.98 Å². The summed E-state index contributed by atoms with van der Waals surface area (Å²) in [5.74, 6) is -2.35. The number of rotatable bonds is 5. The Morgan fingerprint density at radius 3 is 2.56 bits per heavy atom. The highest BCUT2D eigenvalue weighted by Gasteiger charge is 2.27. The van der Waals surface area contributed by atoms with E-state index in [0.29, 0.717) is 6.54 Å². The summed E-state index contributed by atoms with van der Waals surface area (Å²) in [5.41, 5.74) is 0.920. The summed E-state index contributed by atoms with van der Waals surface area (Å²) in [5, 5.41) is 8.89. The molecule has 0 aliphatic rings. The Kier molecular flexibility index (Phi) is 4.83. The minimum absolute atomic E-state index is 0.172. The molecule has 18 heavy (non-hydrogen) atoms. The molecule has 0 aliphatic carbocycles. The molecule has 1 rings (SSSR count). The van der Waals surface area contributed by atoms with Crippen molar-refractivity contribution in [3.63, 3.8) is 0 Å². The van der Waals surface area contributed by atoms with E-state index < -0.39 is 17.8 Å². The minimum Gasteiger partial charge on any atom is -0.481 e. The summed E-state index contributed by atoms with van der Waals surface area (Å²) < 4.78 is 0. The van der Waals surface area contributed by atoms with Gasteiger partial charge in [-0.2, -0.15) is 0 Å². The molecule has 1 heterocycles. The molecule has 1 aromatic rings. The van der Waals surface area contributed by atoms with Gasteiger partial charge in [-0.25, -0.2) is 0 Å². The first-order valence-corrected chi connectivity index (χ1v) is 5.80. The van der Waals surface area contributed by atoms with Gasteiger partial charge in [0.2, 0.25) is 5.91 Å². The number of carbonyl (C=O) groups excluding carboxylic acids is 1. The first-order valence-electron chi connectivity index (χ1n) is 5.80. The van der Waals surface area contributed by atoms with E-state index in [0.717, 1.165) is 5.56 Å². The van der Waals surface area contributed by atoms with E-state index in [9.17, 15) is 9.59 Å². The average Bonchev–Trinajstić information content (AvgIpc) is 2.37. The molecule has 5 heteroatoms. The fraction of sp³-hybridized carbons (Fsp3) is 0.462. The zero-order valence-corrected chi connectivity index (χ0v) is 10.8. The van der Waals surface area contributed by atoms with Crippen LogP contribution in [0.3, 0.4) is 0 Å². The van der Waals surface area contributed by atoms with Crippen LogP contribution in [-0.2, 0) is 16.1 Å². The minimum atomic E-state index is -0.953. The van der Waals surface area contributed by atoms with Crippen LogP contribution in [0.25, 0.3) is 0 Å².